The van der Waals surface area contributed by atoms with Gasteiger partial charge >= 0.3 is 5.97 Å². The van der Waals surface area contributed by atoms with Crippen molar-refractivity contribution in [2.75, 3.05) is 38.2 Å². The van der Waals surface area contributed by atoms with E-state index in [9.17, 15) is 24.9 Å². The number of phenols is 2. The number of nitrogens with zero attached hydrogens (tertiary/aromatic N) is 2. The van der Waals surface area contributed by atoms with E-state index in [0.717, 1.165) is 19.2 Å². The van der Waals surface area contributed by atoms with Crippen molar-refractivity contribution in [3.05, 3.63) is 23.4 Å². The maximum atomic E-state index is 12.5. The Morgan fingerprint density at radius 3 is 2.53 bits per heavy atom. The number of nitrogens with one attached hydrogen (secondary N) is 1. The van der Waals surface area contributed by atoms with Crippen molar-refractivity contribution in [2.24, 2.45) is 0 Å². The number of benzene rings is 1. The van der Waals surface area contributed by atoms with E-state index >= 15 is 0 Å². The number of carboxylic acid groups (broad SMARTS) is 1. The Labute approximate surface area is 173 Å². The fourth-order valence-electron chi connectivity index (χ4n) is 3.26. The van der Waals surface area contributed by atoms with Crippen molar-refractivity contribution >= 4 is 17.6 Å². The molecule has 0 radical (unpaired) electrons. The fraction of sp³-hybridized carbons (Fsp3) is 0.450. The third-order valence-electron chi connectivity index (χ3n) is 4.93. The normalized spacial score (nSPS) is 14.8. The number of aromatic nitrogens is 1. The molecule has 0 bridgehead atoms. The number of phenolic OH excluding ortho intramolecular Hbond substituents is 2. The largest absolute Gasteiger partial charge is 0.508 e. The van der Waals surface area contributed by atoms with Crippen LogP contribution in [-0.2, 0) is 9.53 Å². The molecule has 0 saturated carbocycles. The van der Waals surface area contributed by atoms with Gasteiger partial charge in [-0.05, 0) is 17.5 Å². The van der Waals surface area contributed by atoms with Gasteiger partial charge in [-0.1, -0.05) is 19.0 Å². The fourth-order valence-corrected chi connectivity index (χ4v) is 3.26. The lowest BCUT2D eigenvalue weighted by molar-refractivity contribution is -0.116. The second-order valence-corrected chi connectivity index (χ2v) is 7.38. The van der Waals surface area contributed by atoms with Crippen molar-refractivity contribution in [1.82, 2.24) is 10.1 Å². The van der Waals surface area contributed by atoms with Gasteiger partial charge in [-0.2, -0.15) is 0 Å². The molecule has 0 aliphatic carbocycles. The highest BCUT2D eigenvalue weighted by atomic mass is 16.5. The van der Waals surface area contributed by atoms with Crippen LogP contribution in [0.3, 0.4) is 0 Å². The van der Waals surface area contributed by atoms with Gasteiger partial charge in [0.05, 0.1) is 18.8 Å². The van der Waals surface area contributed by atoms with Gasteiger partial charge in [0.1, 0.15) is 17.2 Å². The molecule has 1 aliphatic heterocycles. The summed E-state index contributed by atoms with van der Waals surface area (Å²) in [6.45, 7) is 6.88. The van der Waals surface area contributed by atoms with E-state index in [4.69, 9.17) is 9.26 Å². The second kappa shape index (κ2) is 9.14. The lowest BCUT2D eigenvalue weighted by Crippen LogP contribution is -2.38. The molecule has 10 heteroatoms. The number of morpholine rings is 1. The van der Waals surface area contributed by atoms with Crippen LogP contribution < -0.4 is 5.32 Å². The van der Waals surface area contributed by atoms with Crippen LogP contribution in [-0.4, -0.2) is 70.1 Å². The Morgan fingerprint density at radius 2 is 1.90 bits per heavy atom. The number of carbonyl (C=O) groups is 2. The Hall–Kier alpha value is -3.11. The van der Waals surface area contributed by atoms with E-state index in [0.29, 0.717) is 25.3 Å². The first kappa shape index (κ1) is 21.6. The van der Waals surface area contributed by atoms with Gasteiger partial charge in [-0.15, -0.1) is 0 Å². The van der Waals surface area contributed by atoms with Crippen molar-refractivity contribution in [2.45, 2.75) is 26.2 Å². The minimum Gasteiger partial charge on any atom is -0.508 e. The van der Waals surface area contributed by atoms with E-state index in [1.165, 1.54) is 6.07 Å². The average Bonchev–Trinajstić information content (AvgIpc) is 3.10. The highest BCUT2D eigenvalue weighted by molar-refractivity contribution is 6.03. The van der Waals surface area contributed by atoms with Gasteiger partial charge in [0, 0.05) is 32.1 Å². The van der Waals surface area contributed by atoms with Crippen LogP contribution in [0, 0.1) is 0 Å². The molecule has 10 nitrogen and oxygen atoms in total. The summed E-state index contributed by atoms with van der Waals surface area (Å²) in [5, 5.41) is 35.9. The molecule has 1 aromatic carbocycles. The number of hydrogen-bond donors (Lipinski definition) is 4. The van der Waals surface area contributed by atoms with Gasteiger partial charge in [0.15, 0.2) is 5.76 Å². The lowest BCUT2D eigenvalue weighted by Gasteiger charge is -2.26. The molecule has 1 fully saturated rings. The number of rotatable bonds is 7. The lowest BCUT2D eigenvalue weighted by atomic mass is 9.97. The van der Waals surface area contributed by atoms with Crippen molar-refractivity contribution in [3.8, 4) is 22.8 Å². The van der Waals surface area contributed by atoms with Crippen molar-refractivity contribution < 1.29 is 34.2 Å². The molecule has 0 atom stereocenters. The number of hydrogen-bond acceptors (Lipinski definition) is 8. The Bertz CT molecular complexity index is 933. The molecule has 1 amide bonds. The number of aromatic hydroxyl groups is 2. The molecular formula is C20H25N3O7. The van der Waals surface area contributed by atoms with E-state index in [1.54, 1.807) is 0 Å². The first-order valence-electron chi connectivity index (χ1n) is 9.67. The van der Waals surface area contributed by atoms with E-state index in [2.05, 4.69) is 15.4 Å². The summed E-state index contributed by atoms with van der Waals surface area (Å²) in [5.74, 6) is -2.37. The number of ether oxygens (including phenoxy) is 1. The first-order valence-corrected chi connectivity index (χ1v) is 9.67. The van der Waals surface area contributed by atoms with Crippen molar-refractivity contribution in [3.63, 3.8) is 0 Å². The minimum atomic E-state index is -1.38. The molecule has 0 spiro atoms. The highest BCUT2D eigenvalue weighted by Gasteiger charge is 2.27. The zero-order valence-corrected chi connectivity index (χ0v) is 16.8. The van der Waals surface area contributed by atoms with Gasteiger partial charge in [0.2, 0.25) is 11.6 Å². The number of aromatic carboxylic acids is 1. The molecule has 1 saturated heterocycles. The van der Waals surface area contributed by atoms with Crippen LogP contribution >= 0.6 is 0 Å². The van der Waals surface area contributed by atoms with Crippen LogP contribution in [0.1, 0.15) is 42.2 Å². The van der Waals surface area contributed by atoms with E-state index in [1.807, 2.05) is 13.8 Å². The standard InChI is InChI=1S/C20H25N3O7/c1-11(2)12-9-13(15(25)10-14(12)24)19-17(18(20(27)28)22-30-19)21-16(26)3-4-23-5-7-29-8-6-23/h9-11,24-25H,3-8H2,1-2H3,(H,21,26)(H,27,28). The Morgan fingerprint density at radius 1 is 1.20 bits per heavy atom. The SMILES string of the molecule is CC(C)c1cc(-c2onc(C(=O)O)c2NC(=O)CCN2CCOCC2)c(O)cc1O. The molecule has 1 aromatic heterocycles. The summed E-state index contributed by atoms with van der Waals surface area (Å²) in [6, 6.07) is 2.64. The monoisotopic (exact) mass is 419 g/mol. The van der Waals surface area contributed by atoms with Crippen LogP contribution in [0.5, 0.6) is 11.5 Å². The predicted octanol–water partition coefficient (Wildman–Crippen LogP) is 2.24. The summed E-state index contributed by atoms with van der Waals surface area (Å²) >= 11 is 0. The third kappa shape index (κ3) is 4.71. The molecule has 2 aromatic rings. The van der Waals surface area contributed by atoms with Crippen LogP contribution in [0.25, 0.3) is 11.3 Å². The quantitative estimate of drug-likeness (QED) is 0.531. The highest BCUT2D eigenvalue weighted by Crippen LogP contribution is 2.41. The van der Waals surface area contributed by atoms with Gasteiger partial charge in [0.25, 0.3) is 0 Å². The molecule has 2 heterocycles. The smallest absolute Gasteiger partial charge is 0.360 e. The number of carboxylic acids is 1. The third-order valence-corrected chi connectivity index (χ3v) is 4.93. The molecule has 30 heavy (non-hydrogen) atoms. The summed E-state index contributed by atoms with van der Waals surface area (Å²) in [4.78, 5) is 26.1. The predicted molar refractivity (Wildman–Crippen MR) is 107 cm³/mol. The van der Waals surface area contributed by atoms with Crippen LogP contribution in [0.4, 0.5) is 5.69 Å². The zero-order valence-electron chi connectivity index (χ0n) is 16.8. The average molecular weight is 419 g/mol. The molecule has 0 unspecified atom stereocenters. The topological polar surface area (TPSA) is 145 Å². The van der Waals surface area contributed by atoms with Gasteiger partial charge in [-0.3, -0.25) is 9.69 Å². The summed E-state index contributed by atoms with van der Waals surface area (Å²) in [7, 11) is 0. The summed E-state index contributed by atoms with van der Waals surface area (Å²) in [6.07, 6.45) is 0.141. The van der Waals surface area contributed by atoms with Gasteiger partial charge in [-0.25, -0.2) is 4.79 Å². The van der Waals surface area contributed by atoms with E-state index in [-0.39, 0.29) is 40.8 Å². The summed E-state index contributed by atoms with van der Waals surface area (Å²) in [5.41, 5.74) is 0.0501. The molecular weight excluding hydrogens is 394 g/mol. The second-order valence-electron chi connectivity index (χ2n) is 7.38. The zero-order chi connectivity index (χ0) is 21.8. The molecule has 4 N–H and O–H groups in total. The molecule has 3 rings (SSSR count). The Kier molecular flexibility index (Phi) is 6.58. The number of amides is 1. The van der Waals surface area contributed by atoms with Crippen molar-refractivity contribution in [1.29, 1.82) is 0 Å². The minimum absolute atomic E-state index is 0.0715. The summed E-state index contributed by atoms with van der Waals surface area (Å²) < 4.78 is 10.5. The molecule has 1 aliphatic rings. The van der Waals surface area contributed by atoms with E-state index < -0.39 is 17.6 Å². The maximum absolute atomic E-state index is 12.5. The van der Waals surface area contributed by atoms with Gasteiger partial charge < -0.3 is 29.9 Å². The molecule has 162 valence electrons. The number of anilines is 1. The first-order chi connectivity index (χ1) is 14.3. The van der Waals surface area contributed by atoms with Crippen LogP contribution in [0.15, 0.2) is 16.7 Å². The maximum Gasteiger partial charge on any atom is 0.360 e. The Balaban J connectivity index is 1.88. The number of carbonyl (C=O) groups excluding carboxylic acids is 1. The van der Waals surface area contributed by atoms with Crippen LogP contribution in [0.2, 0.25) is 0 Å².